The van der Waals surface area contributed by atoms with Crippen molar-refractivity contribution in [2.24, 2.45) is 11.8 Å². The van der Waals surface area contributed by atoms with Crippen LogP contribution in [-0.4, -0.2) is 38.9 Å². The minimum atomic E-state index is -3.28. The molecular formula is C15H26N2O2S2. The Morgan fingerprint density at radius 2 is 2.19 bits per heavy atom. The van der Waals surface area contributed by atoms with Crippen molar-refractivity contribution in [2.75, 3.05) is 26.2 Å². The van der Waals surface area contributed by atoms with Gasteiger partial charge < -0.3 is 5.32 Å². The Bertz CT molecular complexity index is 552. The fourth-order valence-corrected chi connectivity index (χ4v) is 5.68. The number of sulfonamides is 1. The number of hydrogen-bond donors (Lipinski definition) is 1. The van der Waals surface area contributed by atoms with E-state index in [1.54, 1.807) is 10.4 Å². The Balaban J connectivity index is 2.03. The van der Waals surface area contributed by atoms with E-state index >= 15 is 0 Å². The maximum Gasteiger partial charge on any atom is 0.252 e. The summed E-state index contributed by atoms with van der Waals surface area (Å²) in [5, 5.41) is 3.26. The highest BCUT2D eigenvalue weighted by molar-refractivity contribution is 7.91. The summed E-state index contributed by atoms with van der Waals surface area (Å²) in [7, 11) is -3.28. The van der Waals surface area contributed by atoms with Gasteiger partial charge in [0.15, 0.2) is 0 Å². The predicted molar refractivity (Wildman–Crippen MR) is 88.3 cm³/mol. The quantitative estimate of drug-likeness (QED) is 0.782. The van der Waals surface area contributed by atoms with E-state index in [-0.39, 0.29) is 0 Å². The summed E-state index contributed by atoms with van der Waals surface area (Å²) in [6.45, 7) is 9.59. The molecule has 0 radical (unpaired) electrons. The molecule has 1 fully saturated rings. The smallest absolute Gasteiger partial charge is 0.252 e. The van der Waals surface area contributed by atoms with Gasteiger partial charge in [-0.1, -0.05) is 20.8 Å². The number of nitrogens with one attached hydrogen (secondary N) is 1. The van der Waals surface area contributed by atoms with E-state index in [4.69, 9.17) is 0 Å². The van der Waals surface area contributed by atoms with Crippen molar-refractivity contribution in [1.82, 2.24) is 9.62 Å². The van der Waals surface area contributed by atoms with Crippen molar-refractivity contribution in [3.63, 3.8) is 0 Å². The molecule has 1 aliphatic heterocycles. The maximum absolute atomic E-state index is 12.7. The molecule has 2 heterocycles. The summed E-state index contributed by atoms with van der Waals surface area (Å²) < 4.78 is 27.5. The molecule has 1 atom stereocenters. The molecule has 1 unspecified atom stereocenters. The number of nitrogens with zero attached hydrogens (tertiary/aromatic N) is 1. The lowest BCUT2D eigenvalue weighted by Crippen LogP contribution is -2.28. The fraction of sp³-hybridized carbons (Fsp3) is 0.733. The molecule has 4 nitrogen and oxygen atoms in total. The zero-order valence-electron chi connectivity index (χ0n) is 13.1. The second-order valence-corrected chi connectivity index (χ2v) is 9.31. The topological polar surface area (TPSA) is 49.4 Å². The Hall–Kier alpha value is -0.430. The highest BCUT2D eigenvalue weighted by Crippen LogP contribution is 2.31. The average Bonchev–Trinajstić information content (AvgIpc) is 3.08. The molecule has 2 rings (SSSR count). The summed E-state index contributed by atoms with van der Waals surface area (Å²) in [5.74, 6) is 1.04. The fourth-order valence-electron chi connectivity index (χ4n) is 2.66. The predicted octanol–water partition coefficient (Wildman–Crippen LogP) is 2.57. The normalized spacial score (nSPS) is 20.5. The van der Waals surface area contributed by atoms with Gasteiger partial charge >= 0.3 is 0 Å². The van der Waals surface area contributed by atoms with Crippen molar-refractivity contribution < 1.29 is 8.42 Å². The zero-order chi connectivity index (χ0) is 15.5. The molecule has 0 bridgehead atoms. The van der Waals surface area contributed by atoms with Gasteiger partial charge in [-0.15, -0.1) is 11.3 Å². The van der Waals surface area contributed by atoms with Crippen molar-refractivity contribution in [1.29, 1.82) is 0 Å². The van der Waals surface area contributed by atoms with Crippen molar-refractivity contribution in [2.45, 2.75) is 37.8 Å². The van der Waals surface area contributed by atoms with E-state index in [1.165, 1.54) is 11.3 Å². The first-order chi connectivity index (χ1) is 9.95. The molecular weight excluding hydrogens is 304 g/mol. The number of likely N-dealkylation sites (N-methyl/N-ethyl adjacent to an activating group) is 1. The van der Waals surface area contributed by atoms with Crippen LogP contribution in [0, 0.1) is 11.8 Å². The summed E-state index contributed by atoms with van der Waals surface area (Å²) in [5.41, 5.74) is 0. The molecule has 0 saturated carbocycles. The van der Waals surface area contributed by atoms with E-state index in [0.717, 1.165) is 30.8 Å². The Kier molecular flexibility index (Phi) is 5.82. The van der Waals surface area contributed by atoms with Crippen molar-refractivity contribution in [3.8, 4) is 0 Å². The van der Waals surface area contributed by atoms with Crippen LogP contribution in [0.2, 0.25) is 0 Å². The van der Waals surface area contributed by atoms with Gasteiger partial charge in [0.25, 0.3) is 10.0 Å². The van der Waals surface area contributed by atoms with Gasteiger partial charge in [0.2, 0.25) is 0 Å². The van der Waals surface area contributed by atoms with Gasteiger partial charge in [0, 0.05) is 18.0 Å². The lowest BCUT2D eigenvalue weighted by atomic mass is 9.96. The van der Waals surface area contributed by atoms with Crippen LogP contribution < -0.4 is 5.32 Å². The number of thiophene rings is 1. The Morgan fingerprint density at radius 1 is 1.43 bits per heavy atom. The minimum Gasteiger partial charge on any atom is -0.317 e. The first-order valence-electron chi connectivity index (χ1n) is 7.74. The highest BCUT2D eigenvalue weighted by atomic mass is 32.2. The van der Waals surface area contributed by atoms with Crippen LogP contribution in [0.4, 0.5) is 0 Å². The van der Waals surface area contributed by atoms with Gasteiger partial charge in [-0.2, -0.15) is 4.31 Å². The molecule has 0 spiro atoms. The maximum atomic E-state index is 12.7. The third kappa shape index (κ3) is 4.06. The van der Waals surface area contributed by atoms with Crippen molar-refractivity contribution in [3.05, 3.63) is 17.0 Å². The van der Waals surface area contributed by atoms with Gasteiger partial charge in [-0.3, -0.25) is 0 Å². The van der Waals surface area contributed by atoms with Crippen molar-refractivity contribution >= 4 is 21.4 Å². The van der Waals surface area contributed by atoms with E-state index in [2.05, 4.69) is 26.1 Å². The lowest BCUT2D eigenvalue weighted by molar-refractivity contribution is 0.389. The summed E-state index contributed by atoms with van der Waals surface area (Å²) in [4.78, 5) is 1.13. The van der Waals surface area contributed by atoms with Crippen LogP contribution in [0.25, 0.3) is 0 Å². The SMILES string of the molecule is CCNCCc1ccc(S(=O)(=O)N2CCC(C(C)C)C2)s1. The molecule has 1 aromatic rings. The monoisotopic (exact) mass is 330 g/mol. The van der Waals surface area contributed by atoms with E-state index in [0.29, 0.717) is 29.1 Å². The molecule has 0 amide bonds. The molecule has 0 aliphatic carbocycles. The largest absolute Gasteiger partial charge is 0.317 e. The molecule has 0 aromatic carbocycles. The first kappa shape index (κ1) is 16.9. The summed E-state index contributed by atoms with van der Waals surface area (Å²) in [6.07, 6.45) is 1.87. The lowest BCUT2D eigenvalue weighted by Gasteiger charge is -2.17. The molecule has 21 heavy (non-hydrogen) atoms. The average molecular weight is 331 g/mol. The third-order valence-electron chi connectivity index (χ3n) is 4.16. The van der Waals surface area contributed by atoms with Crippen LogP contribution in [-0.2, 0) is 16.4 Å². The summed E-state index contributed by atoms with van der Waals surface area (Å²) in [6, 6.07) is 3.72. The molecule has 1 aliphatic rings. The standard InChI is InChI=1S/C15H26N2O2S2/c1-4-16-9-7-14-5-6-15(20-14)21(18,19)17-10-8-13(11-17)12(2)3/h5-6,12-13,16H,4,7-11H2,1-3H3. The van der Waals surface area contributed by atoms with Gasteiger partial charge in [0.1, 0.15) is 4.21 Å². The molecule has 1 aromatic heterocycles. The third-order valence-corrected chi connectivity index (χ3v) is 7.64. The first-order valence-corrected chi connectivity index (χ1v) is 10.0. The van der Waals surface area contributed by atoms with Crippen LogP contribution >= 0.6 is 11.3 Å². The number of hydrogen-bond acceptors (Lipinski definition) is 4. The van der Waals surface area contributed by atoms with E-state index in [9.17, 15) is 8.42 Å². The Morgan fingerprint density at radius 3 is 2.81 bits per heavy atom. The van der Waals surface area contributed by atoms with Gasteiger partial charge in [0.05, 0.1) is 0 Å². The van der Waals surface area contributed by atoms with E-state index < -0.39 is 10.0 Å². The summed E-state index contributed by atoms with van der Waals surface area (Å²) >= 11 is 1.42. The van der Waals surface area contributed by atoms with Crippen LogP contribution in [0.1, 0.15) is 32.1 Å². The molecule has 1 saturated heterocycles. The van der Waals surface area contributed by atoms with Crippen LogP contribution in [0.3, 0.4) is 0 Å². The van der Waals surface area contributed by atoms with Gasteiger partial charge in [-0.05, 0) is 49.9 Å². The molecule has 120 valence electrons. The van der Waals surface area contributed by atoms with Crippen LogP contribution in [0.15, 0.2) is 16.3 Å². The highest BCUT2D eigenvalue weighted by Gasteiger charge is 2.34. The molecule has 6 heteroatoms. The van der Waals surface area contributed by atoms with Crippen LogP contribution in [0.5, 0.6) is 0 Å². The van der Waals surface area contributed by atoms with E-state index in [1.807, 2.05) is 6.07 Å². The second kappa shape index (κ2) is 7.22. The van der Waals surface area contributed by atoms with Gasteiger partial charge in [-0.25, -0.2) is 8.42 Å². The molecule has 1 N–H and O–H groups in total. The minimum absolute atomic E-state index is 0.493. The number of rotatable bonds is 7. The Labute approximate surface area is 132 Å². The zero-order valence-corrected chi connectivity index (χ0v) is 14.8. The second-order valence-electron chi connectivity index (χ2n) is 5.98.